The minimum absolute atomic E-state index is 0.324. The number of nitrogens with one attached hydrogen (secondary N) is 1. The van der Waals surface area contributed by atoms with Gasteiger partial charge >= 0.3 is 0 Å². The number of anilines is 2. The van der Waals surface area contributed by atoms with E-state index in [-0.39, 0.29) is 0 Å². The molecule has 0 aromatic heterocycles. The molecule has 1 aliphatic heterocycles. The zero-order valence-corrected chi connectivity index (χ0v) is 15.0. The van der Waals surface area contributed by atoms with Gasteiger partial charge in [-0.3, -0.25) is 10.0 Å². The highest BCUT2D eigenvalue weighted by Gasteiger charge is 2.25. The molecule has 0 aliphatic carbocycles. The van der Waals surface area contributed by atoms with E-state index in [1.165, 1.54) is 0 Å². The Labute approximate surface area is 156 Å². The summed E-state index contributed by atoms with van der Waals surface area (Å²) in [6.45, 7) is 2.89. The van der Waals surface area contributed by atoms with Gasteiger partial charge in [0.2, 0.25) is 0 Å². The van der Waals surface area contributed by atoms with Crippen molar-refractivity contribution >= 4 is 34.6 Å². The molecule has 8 heteroatoms. The average molecular weight is 374 g/mol. The molecular weight excluding hydrogens is 354 g/mol. The molecule has 6 N–H and O–H groups in total. The summed E-state index contributed by atoms with van der Waals surface area (Å²) < 4.78 is 0. The Hall–Kier alpha value is -2.74. The number of allylic oxidation sites excluding steroid dienone is 1. The fourth-order valence-corrected chi connectivity index (χ4v) is 3.21. The number of halogens is 1. The molecule has 0 bridgehead atoms. The lowest BCUT2D eigenvalue weighted by Gasteiger charge is -2.25. The average Bonchev–Trinajstić information content (AvgIpc) is 2.77. The van der Waals surface area contributed by atoms with Gasteiger partial charge in [-0.05, 0) is 49.4 Å². The quantitative estimate of drug-likeness (QED) is 0.366. The van der Waals surface area contributed by atoms with Gasteiger partial charge in [-0.15, -0.1) is 0 Å². The van der Waals surface area contributed by atoms with Crippen LogP contribution < -0.4 is 22.0 Å². The number of nitrogens with two attached hydrogens (primary N) is 2. The van der Waals surface area contributed by atoms with Gasteiger partial charge in [0.15, 0.2) is 0 Å². The number of carbonyl (C=O) groups excluding carboxylic acids is 1. The van der Waals surface area contributed by atoms with Gasteiger partial charge in [-0.2, -0.15) is 0 Å². The molecule has 1 amide bonds. The number of hydroxylamine groups is 1. The number of hydrogen-bond donors (Lipinski definition) is 4. The van der Waals surface area contributed by atoms with Crippen molar-refractivity contribution in [3.05, 3.63) is 64.3 Å². The summed E-state index contributed by atoms with van der Waals surface area (Å²) in [4.78, 5) is 13.9. The molecule has 0 saturated heterocycles. The third-order valence-corrected chi connectivity index (χ3v) is 4.52. The molecular formula is C18H20ClN5O2. The molecule has 0 fully saturated rings. The number of carbonyl (C=O) groups is 1. The van der Waals surface area contributed by atoms with Crippen molar-refractivity contribution in [2.45, 2.75) is 6.92 Å². The van der Waals surface area contributed by atoms with E-state index in [1.54, 1.807) is 47.7 Å². The van der Waals surface area contributed by atoms with E-state index >= 15 is 0 Å². The number of amides is 1. The molecule has 26 heavy (non-hydrogen) atoms. The summed E-state index contributed by atoms with van der Waals surface area (Å²) in [6, 6.07) is 12.5. The first-order valence-corrected chi connectivity index (χ1v) is 8.40. The number of hydrazine groups is 1. The lowest BCUT2D eigenvalue weighted by atomic mass is 10.0. The van der Waals surface area contributed by atoms with Gasteiger partial charge in [0.25, 0.3) is 5.91 Å². The van der Waals surface area contributed by atoms with Crippen molar-refractivity contribution in [2.24, 2.45) is 11.6 Å². The first-order valence-electron chi connectivity index (χ1n) is 8.03. The molecule has 0 spiro atoms. The Balaban J connectivity index is 2.22. The van der Waals surface area contributed by atoms with Crippen molar-refractivity contribution in [3.8, 4) is 0 Å². The van der Waals surface area contributed by atoms with Crippen LogP contribution >= 0.6 is 11.6 Å². The first kappa shape index (κ1) is 18.1. The van der Waals surface area contributed by atoms with Crippen LogP contribution in [0.4, 0.5) is 11.4 Å². The molecule has 3 rings (SSSR count). The van der Waals surface area contributed by atoms with Crippen molar-refractivity contribution in [1.82, 2.24) is 10.5 Å². The minimum atomic E-state index is -0.590. The largest absolute Gasteiger partial charge is 0.401 e. The van der Waals surface area contributed by atoms with Crippen molar-refractivity contribution in [1.29, 1.82) is 0 Å². The predicted molar refractivity (Wildman–Crippen MR) is 102 cm³/mol. The highest BCUT2D eigenvalue weighted by molar-refractivity contribution is 6.30. The lowest BCUT2D eigenvalue weighted by Crippen LogP contribution is -2.34. The highest BCUT2D eigenvalue weighted by atomic mass is 35.5. The maximum Gasteiger partial charge on any atom is 0.274 e. The molecule has 0 radical (unpaired) electrons. The Kier molecular flexibility index (Phi) is 5.03. The molecule has 2 aromatic rings. The van der Waals surface area contributed by atoms with Crippen LogP contribution in [-0.4, -0.2) is 29.2 Å². The fourth-order valence-electron chi connectivity index (χ4n) is 3.08. The summed E-state index contributed by atoms with van der Waals surface area (Å²) >= 11 is 6.01. The molecule has 0 unspecified atom stereocenters. The maximum absolute atomic E-state index is 11.9. The minimum Gasteiger partial charge on any atom is -0.401 e. The van der Waals surface area contributed by atoms with E-state index in [4.69, 9.17) is 28.4 Å². The summed E-state index contributed by atoms with van der Waals surface area (Å²) in [6.07, 6.45) is 0. The maximum atomic E-state index is 11.9. The van der Waals surface area contributed by atoms with E-state index in [2.05, 4.69) is 0 Å². The fraction of sp³-hybridized carbons (Fsp3) is 0.167. The van der Waals surface area contributed by atoms with Crippen LogP contribution in [0.25, 0.3) is 5.70 Å². The van der Waals surface area contributed by atoms with Gasteiger partial charge in [0.05, 0.1) is 17.9 Å². The summed E-state index contributed by atoms with van der Waals surface area (Å²) in [5, 5.41) is 11.2. The normalized spacial score (nSPS) is 16.0. The Morgan fingerprint density at radius 1 is 1.19 bits per heavy atom. The summed E-state index contributed by atoms with van der Waals surface area (Å²) in [5.41, 5.74) is 11.8. The van der Waals surface area contributed by atoms with E-state index < -0.39 is 5.91 Å². The Morgan fingerprint density at radius 2 is 1.88 bits per heavy atom. The SMILES string of the molecule is C/C(N)=C1\c2ccc(C(=O)NO)cc2N(c2ccc(Cl)cc2)CCN1N. The summed E-state index contributed by atoms with van der Waals surface area (Å²) in [5.74, 6) is 5.62. The number of nitrogens with zero attached hydrogens (tertiary/aromatic N) is 2. The number of fused-ring (bicyclic) bond motifs is 1. The monoisotopic (exact) mass is 373 g/mol. The zero-order chi connectivity index (χ0) is 18.8. The van der Waals surface area contributed by atoms with Crippen LogP contribution in [0.15, 0.2) is 48.2 Å². The Bertz CT molecular complexity index is 862. The highest BCUT2D eigenvalue weighted by Crippen LogP contribution is 2.37. The van der Waals surface area contributed by atoms with Crippen LogP contribution in [0.5, 0.6) is 0 Å². The third-order valence-electron chi connectivity index (χ3n) is 4.27. The number of hydrogen-bond acceptors (Lipinski definition) is 6. The van der Waals surface area contributed by atoms with Gasteiger partial charge in [0.1, 0.15) is 0 Å². The van der Waals surface area contributed by atoms with Crippen LogP contribution in [0, 0.1) is 0 Å². The number of rotatable bonds is 2. The second kappa shape index (κ2) is 7.25. The molecule has 0 saturated carbocycles. The molecule has 136 valence electrons. The molecule has 7 nitrogen and oxygen atoms in total. The van der Waals surface area contributed by atoms with Crippen molar-refractivity contribution < 1.29 is 10.0 Å². The standard InChI is InChI=1S/C18H20ClN5O2/c1-11(20)17-15-7-2-12(18(25)22-26)10-16(15)23(8-9-24(17)21)14-5-3-13(19)4-6-14/h2-7,10,26H,8-9,20-21H2,1H3,(H,22,25)/b17-11-. The predicted octanol–water partition coefficient (Wildman–Crippen LogP) is 2.43. The van der Waals surface area contributed by atoms with E-state index in [9.17, 15) is 4.79 Å². The smallest absolute Gasteiger partial charge is 0.274 e. The van der Waals surface area contributed by atoms with Gasteiger partial charge in [0, 0.05) is 34.1 Å². The van der Waals surface area contributed by atoms with Crippen LogP contribution in [0.3, 0.4) is 0 Å². The van der Waals surface area contributed by atoms with Gasteiger partial charge in [-0.1, -0.05) is 11.6 Å². The third kappa shape index (κ3) is 3.32. The topological polar surface area (TPSA) is 108 Å². The zero-order valence-electron chi connectivity index (χ0n) is 14.2. The summed E-state index contributed by atoms with van der Waals surface area (Å²) in [7, 11) is 0. The Morgan fingerprint density at radius 3 is 2.50 bits per heavy atom. The van der Waals surface area contributed by atoms with Crippen LogP contribution in [-0.2, 0) is 0 Å². The van der Waals surface area contributed by atoms with Gasteiger partial charge in [-0.25, -0.2) is 11.3 Å². The second-order valence-electron chi connectivity index (χ2n) is 6.03. The molecule has 2 aromatic carbocycles. The van der Waals surface area contributed by atoms with E-state index in [0.717, 1.165) is 16.9 Å². The van der Waals surface area contributed by atoms with Crippen molar-refractivity contribution in [3.63, 3.8) is 0 Å². The van der Waals surface area contributed by atoms with Crippen molar-refractivity contribution in [2.75, 3.05) is 18.0 Å². The lowest BCUT2D eigenvalue weighted by molar-refractivity contribution is 0.0706. The molecule has 0 atom stereocenters. The van der Waals surface area contributed by atoms with E-state index in [0.29, 0.717) is 35.1 Å². The second-order valence-corrected chi connectivity index (χ2v) is 6.46. The number of benzene rings is 2. The first-order chi connectivity index (χ1) is 12.4. The van der Waals surface area contributed by atoms with E-state index in [1.807, 2.05) is 17.0 Å². The van der Waals surface area contributed by atoms with Crippen LogP contribution in [0.2, 0.25) is 5.02 Å². The molecule has 1 heterocycles. The van der Waals surface area contributed by atoms with Crippen LogP contribution in [0.1, 0.15) is 22.8 Å². The molecule has 1 aliphatic rings. The van der Waals surface area contributed by atoms with Gasteiger partial charge < -0.3 is 15.6 Å².